The van der Waals surface area contributed by atoms with Crippen molar-refractivity contribution < 1.29 is 17.7 Å². The highest BCUT2D eigenvalue weighted by atomic mass is 16.3. The number of furan rings is 4. The lowest BCUT2D eigenvalue weighted by Gasteiger charge is -2.26. The molecule has 0 aliphatic heterocycles. The molecule has 4 heterocycles. The summed E-state index contributed by atoms with van der Waals surface area (Å²) in [7, 11) is 0. The quantitative estimate of drug-likeness (QED) is 0.151. The Hall–Kier alpha value is -9.26. The summed E-state index contributed by atoms with van der Waals surface area (Å²) in [6.07, 6.45) is 0. The van der Waals surface area contributed by atoms with Crippen molar-refractivity contribution in [1.82, 2.24) is 0 Å². The molecule has 0 fully saturated rings. The number of fused-ring (bicyclic) bond motifs is 14. The van der Waals surface area contributed by atoms with Gasteiger partial charge in [-0.15, -0.1) is 0 Å². The van der Waals surface area contributed by atoms with Gasteiger partial charge in [-0.1, -0.05) is 100 Å². The van der Waals surface area contributed by atoms with Crippen molar-refractivity contribution in [1.29, 1.82) is 0 Å². The summed E-state index contributed by atoms with van der Waals surface area (Å²) in [6, 6.07) is 74.0. The second-order valence-electron chi connectivity index (χ2n) is 20.5. The van der Waals surface area contributed by atoms with Crippen LogP contribution in [0.2, 0.25) is 0 Å². The maximum absolute atomic E-state index is 6.72. The minimum Gasteiger partial charge on any atom is -0.456 e. The highest BCUT2D eigenvalue weighted by molar-refractivity contribution is 6.19. The van der Waals surface area contributed by atoms with E-state index in [9.17, 15) is 0 Å². The van der Waals surface area contributed by atoms with Crippen molar-refractivity contribution in [3.8, 4) is 0 Å². The van der Waals surface area contributed by atoms with Crippen molar-refractivity contribution in [2.75, 3.05) is 9.80 Å². The molecule has 0 aliphatic carbocycles. The summed E-state index contributed by atoms with van der Waals surface area (Å²) in [5.74, 6) is 0.868. The molecule has 0 amide bonds. The van der Waals surface area contributed by atoms with Gasteiger partial charge in [0.05, 0.1) is 0 Å². The summed E-state index contributed by atoms with van der Waals surface area (Å²) in [5.41, 5.74) is 15.8. The molecule has 0 spiro atoms. The zero-order valence-corrected chi connectivity index (χ0v) is 41.3. The van der Waals surface area contributed by atoms with Crippen LogP contribution in [0.5, 0.6) is 0 Å². The maximum Gasteiger partial charge on any atom is 0.139 e. The summed E-state index contributed by atoms with van der Waals surface area (Å²) >= 11 is 0. The molecule has 15 rings (SSSR count). The summed E-state index contributed by atoms with van der Waals surface area (Å²) < 4.78 is 25.9. The van der Waals surface area contributed by atoms with E-state index in [2.05, 4.69) is 219 Å². The Morgan fingerprint density at radius 3 is 1.03 bits per heavy atom. The number of hydrogen-bond acceptors (Lipinski definition) is 6. The molecule has 0 atom stereocenters. The fourth-order valence-electron chi connectivity index (χ4n) is 11.4. The van der Waals surface area contributed by atoms with E-state index in [1.165, 1.54) is 11.1 Å². The Morgan fingerprint density at radius 1 is 0.243 bits per heavy atom. The largest absolute Gasteiger partial charge is 0.456 e. The molecular formula is C68H48N2O4. The number of anilines is 6. The van der Waals surface area contributed by atoms with Gasteiger partial charge in [0.25, 0.3) is 0 Å². The van der Waals surface area contributed by atoms with Crippen LogP contribution in [0.25, 0.3) is 109 Å². The average molecular weight is 957 g/mol. The molecule has 0 saturated heterocycles. The molecular weight excluding hydrogens is 909 g/mol. The molecule has 0 unspecified atom stereocenters. The molecule has 4 aromatic heterocycles. The predicted molar refractivity (Wildman–Crippen MR) is 308 cm³/mol. The van der Waals surface area contributed by atoms with Crippen LogP contribution in [-0.2, 0) is 0 Å². The minimum absolute atomic E-state index is 0.434. The monoisotopic (exact) mass is 956 g/mol. The standard InChI is InChI=1S/C68H48N2O4/c1-39(2)41-13-19-47(20-14-41)69(51-25-27-63-57(35-51)53-9-5-7-11-61(53)71-63)49-23-17-43-31-55-59-37-60-56-32-44-18-24-50(30-46(44)34-66(56)74-68(60)38-67(59)73-65(55)33-45(43)29-49)70(48-21-15-42(16-22-48)40(3)4)52-26-28-64-58(36-52)54-10-6-8-12-62(54)72-64/h5-40H,1-4H3. The molecule has 0 bridgehead atoms. The molecule has 74 heavy (non-hydrogen) atoms. The first-order chi connectivity index (χ1) is 36.2. The van der Waals surface area contributed by atoms with Gasteiger partial charge in [0.15, 0.2) is 0 Å². The van der Waals surface area contributed by atoms with Gasteiger partial charge in [0, 0.05) is 83.3 Å². The van der Waals surface area contributed by atoms with Crippen LogP contribution < -0.4 is 9.80 Å². The summed E-state index contributed by atoms with van der Waals surface area (Å²) in [4.78, 5) is 4.67. The van der Waals surface area contributed by atoms with Crippen LogP contribution in [0.4, 0.5) is 34.1 Å². The highest BCUT2D eigenvalue weighted by Crippen LogP contribution is 2.45. The van der Waals surface area contributed by atoms with Crippen molar-refractivity contribution in [2.24, 2.45) is 0 Å². The number of nitrogens with zero attached hydrogens (tertiary/aromatic N) is 2. The topological polar surface area (TPSA) is 59.0 Å². The van der Waals surface area contributed by atoms with Crippen LogP contribution >= 0.6 is 0 Å². The van der Waals surface area contributed by atoms with Crippen LogP contribution in [0.3, 0.4) is 0 Å². The van der Waals surface area contributed by atoms with Gasteiger partial charge in [0.2, 0.25) is 0 Å². The zero-order valence-electron chi connectivity index (χ0n) is 41.3. The molecule has 0 radical (unpaired) electrons. The van der Waals surface area contributed by atoms with Crippen LogP contribution in [0.1, 0.15) is 50.7 Å². The Kier molecular flexibility index (Phi) is 9.24. The molecule has 15 aromatic rings. The molecule has 0 saturated carbocycles. The highest BCUT2D eigenvalue weighted by Gasteiger charge is 2.21. The van der Waals surface area contributed by atoms with Gasteiger partial charge in [-0.2, -0.15) is 0 Å². The van der Waals surface area contributed by atoms with E-state index in [1.807, 2.05) is 24.3 Å². The third kappa shape index (κ3) is 6.71. The molecule has 0 aliphatic rings. The molecule has 6 nitrogen and oxygen atoms in total. The van der Waals surface area contributed by atoms with E-state index >= 15 is 0 Å². The normalized spacial score (nSPS) is 12.3. The maximum atomic E-state index is 6.72. The van der Waals surface area contributed by atoms with Gasteiger partial charge in [-0.25, -0.2) is 0 Å². The van der Waals surface area contributed by atoms with E-state index in [4.69, 9.17) is 17.7 Å². The summed E-state index contributed by atoms with van der Waals surface area (Å²) in [5, 5.41) is 13.1. The second kappa shape index (κ2) is 16.1. The Morgan fingerprint density at radius 2 is 0.581 bits per heavy atom. The summed E-state index contributed by atoms with van der Waals surface area (Å²) in [6.45, 7) is 8.93. The third-order valence-electron chi connectivity index (χ3n) is 15.3. The third-order valence-corrected chi connectivity index (χ3v) is 15.3. The van der Waals surface area contributed by atoms with Gasteiger partial charge in [-0.3, -0.25) is 0 Å². The van der Waals surface area contributed by atoms with E-state index in [-0.39, 0.29) is 0 Å². The lowest BCUT2D eigenvalue weighted by atomic mass is 10.0. The number of rotatable bonds is 8. The number of hydrogen-bond donors (Lipinski definition) is 0. The first kappa shape index (κ1) is 42.4. The van der Waals surface area contributed by atoms with Gasteiger partial charge in [0.1, 0.15) is 44.7 Å². The van der Waals surface area contributed by atoms with E-state index in [0.717, 1.165) is 143 Å². The Balaban J connectivity index is 0.817. The van der Waals surface area contributed by atoms with Crippen molar-refractivity contribution in [2.45, 2.75) is 39.5 Å². The van der Waals surface area contributed by atoms with Gasteiger partial charge < -0.3 is 27.5 Å². The Labute approximate surface area is 425 Å². The lowest BCUT2D eigenvalue weighted by molar-refractivity contribution is 0.656. The number of para-hydroxylation sites is 2. The van der Waals surface area contributed by atoms with Crippen LogP contribution in [0.15, 0.2) is 224 Å². The second-order valence-corrected chi connectivity index (χ2v) is 20.5. The fraction of sp³-hybridized carbons (Fsp3) is 0.0882. The van der Waals surface area contributed by atoms with Crippen LogP contribution in [-0.4, -0.2) is 0 Å². The molecule has 0 N–H and O–H groups in total. The van der Waals surface area contributed by atoms with Gasteiger partial charge in [-0.05, 0) is 172 Å². The SMILES string of the molecule is CC(C)c1ccc(N(c2ccc3cc4c(cc3c2)oc2cc3oc5cc6cc(N(c7ccc(C(C)C)cc7)c7ccc8oc9ccccc9c8c7)ccc6cc5c3cc24)c2ccc3oc4ccccc4c3c2)cc1. The molecule has 6 heteroatoms. The van der Waals surface area contributed by atoms with Crippen LogP contribution in [0, 0.1) is 0 Å². The molecule has 11 aromatic carbocycles. The smallest absolute Gasteiger partial charge is 0.139 e. The Bertz CT molecular complexity index is 4440. The first-order valence-electron chi connectivity index (χ1n) is 25.6. The average Bonchev–Trinajstić information content (AvgIpc) is 4.19. The van der Waals surface area contributed by atoms with Crippen molar-refractivity contribution in [3.63, 3.8) is 0 Å². The van der Waals surface area contributed by atoms with Crippen molar-refractivity contribution in [3.05, 3.63) is 217 Å². The number of benzene rings is 11. The van der Waals surface area contributed by atoms with E-state index in [0.29, 0.717) is 11.8 Å². The van der Waals surface area contributed by atoms with Crippen molar-refractivity contribution >= 4 is 143 Å². The fourth-order valence-corrected chi connectivity index (χ4v) is 11.4. The zero-order chi connectivity index (χ0) is 49.3. The van der Waals surface area contributed by atoms with E-state index in [1.54, 1.807) is 0 Å². The first-order valence-corrected chi connectivity index (χ1v) is 25.6. The lowest BCUT2D eigenvalue weighted by Crippen LogP contribution is -2.10. The minimum atomic E-state index is 0.434. The predicted octanol–water partition coefficient (Wildman–Crippen LogP) is 20.8. The van der Waals surface area contributed by atoms with E-state index < -0.39 is 0 Å². The van der Waals surface area contributed by atoms with Gasteiger partial charge >= 0.3 is 0 Å². The molecule has 354 valence electrons.